The van der Waals surface area contributed by atoms with Crippen LogP contribution in [0.2, 0.25) is 0 Å². The van der Waals surface area contributed by atoms with Crippen LogP contribution in [0.4, 0.5) is 9.18 Å². The number of carbonyl (C=O) groups is 6. The fourth-order valence-corrected chi connectivity index (χ4v) is 11.1. The molecule has 3 aliphatic carbocycles. The molecule has 1 amide bonds. The van der Waals surface area contributed by atoms with E-state index in [4.69, 9.17) is 33.2 Å². The molecule has 2 bridgehead atoms. The van der Waals surface area contributed by atoms with Gasteiger partial charge in [-0.25, -0.2) is 18.8 Å². The van der Waals surface area contributed by atoms with Crippen molar-refractivity contribution < 1.29 is 71.4 Å². The Morgan fingerprint density at radius 3 is 2.09 bits per heavy atom. The molecule has 12 atom stereocenters. The van der Waals surface area contributed by atoms with Crippen molar-refractivity contribution in [2.75, 3.05) is 6.61 Å². The summed E-state index contributed by atoms with van der Waals surface area (Å²) in [6.07, 6.45) is -9.77. The van der Waals surface area contributed by atoms with Crippen LogP contribution in [0.25, 0.3) is 0 Å². The predicted octanol–water partition coefficient (Wildman–Crippen LogP) is 5.73. The Labute approximate surface area is 368 Å². The quantitative estimate of drug-likeness (QED) is 0.142. The maximum atomic E-state index is 14.4. The molecule has 0 radical (unpaired) electrons. The highest BCUT2D eigenvalue weighted by Crippen LogP contribution is 2.66. The summed E-state index contributed by atoms with van der Waals surface area (Å²) in [4.78, 5) is 81.8. The molecule has 338 valence electrons. The van der Waals surface area contributed by atoms with Crippen LogP contribution in [0.1, 0.15) is 86.7 Å². The molecule has 2 N–H and O–H groups in total. The fraction of sp³-hybridized carbons (Fsp3) is 0.458. The summed E-state index contributed by atoms with van der Waals surface area (Å²) in [5, 5.41) is 14.5. The minimum absolute atomic E-state index is 0.0322. The van der Waals surface area contributed by atoms with E-state index >= 15 is 0 Å². The van der Waals surface area contributed by atoms with Gasteiger partial charge in [-0.05, 0) is 71.9 Å². The zero-order valence-corrected chi connectivity index (χ0v) is 36.1. The van der Waals surface area contributed by atoms with Crippen molar-refractivity contribution in [3.05, 3.63) is 119 Å². The van der Waals surface area contributed by atoms with Crippen LogP contribution in [0, 0.1) is 28.5 Å². The normalized spacial score (nSPS) is 31.8. The molecule has 1 unspecified atom stereocenters. The summed E-state index contributed by atoms with van der Waals surface area (Å²) in [6, 6.07) is 20.0. The first-order chi connectivity index (χ1) is 30.4. The molecule has 64 heavy (non-hydrogen) atoms. The number of amides is 1. The SMILES string of the molecule is CC(=O)O[C@H]1C[C@H]2OC[C@@]2(OC(C)=O)[C@H]2[C@H](OC(=O)c3ccccc3)C3C[C@H](OC(=O)[C@H](O)[C@@H](NC(=O)c4ccc(F)cc4)c4ccccc4)C(C)=C([C@H]4OC(=O)O[C@@H]4[C@]12C)C3(C)C. The molecular weight excluding hydrogens is 834 g/mol. The summed E-state index contributed by atoms with van der Waals surface area (Å²) in [5.41, 5.74) is -2.45. The second-order valence-corrected chi connectivity index (χ2v) is 18.0. The van der Waals surface area contributed by atoms with E-state index in [9.17, 15) is 38.3 Å². The molecule has 8 rings (SSSR count). The molecule has 4 fully saturated rings. The molecule has 2 aliphatic heterocycles. The number of benzene rings is 3. The third-order valence-corrected chi connectivity index (χ3v) is 14.0. The topological polar surface area (TPSA) is 199 Å². The Morgan fingerprint density at radius 2 is 1.48 bits per heavy atom. The minimum atomic E-state index is -1.98. The summed E-state index contributed by atoms with van der Waals surface area (Å²) < 4.78 is 57.3. The maximum Gasteiger partial charge on any atom is 0.509 e. The number of nitrogens with one attached hydrogen (secondary N) is 1. The number of hydrogen-bond donors (Lipinski definition) is 2. The number of hydrogen-bond acceptors (Lipinski definition) is 14. The minimum Gasteiger partial charge on any atom is -0.462 e. The van der Waals surface area contributed by atoms with Gasteiger partial charge < -0.3 is 43.6 Å². The Morgan fingerprint density at radius 1 is 0.828 bits per heavy atom. The number of rotatable bonds is 10. The molecule has 5 aliphatic rings. The van der Waals surface area contributed by atoms with Crippen LogP contribution >= 0.6 is 0 Å². The number of aliphatic hydroxyl groups excluding tert-OH is 1. The summed E-state index contributed by atoms with van der Waals surface area (Å²) in [5.74, 6) is -6.34. The van der Waals surface area contributed by atoms with Crippen LogP contribution in [0.15, 0.2) is 96.1 Å². The highest BCUT2D eigenvalue weighted by atomic mass is 19.1. The van der Waals surface area contributed by atoms with Gasteiger partial charge in [0.05, 0.1) is 29.5 Å². The lowest BCUT2D eigenvalue weighted by Gasteiger charge is -2.67. The first-order valence-electron chi connectivity index (χ1n) is 21.2. The van der Waals surface area contributed by atoms with Gasteiger partial charge in [0.25, 0.3) is 5.91 Å². The van der Waals surface area contributed by atoms with E-state index in [1.165, 1.54) is 26.0 Å². The molecule has 3 aromatic carbocycles. The molecule has 16 heteroatoms. The molecule has 2 saturated heterocycles. The zero-order chi connectivity index (χ0) is 45.9. The van der Waals surface area contributed by atoms with E-state index in [1.54, 1.807) is 74.5 Å². The number of esters is 4. The standard InChI is InChI=1S/C48H50FNO14/c1-24-32(60-44(56)37(53)36(27-13-9-7-10-14-27)50-42(54)28-17-19-30(49)20-18-28)21-31-38(61-43(55)29-15-11-8-12-16-29)40-47(6,41-39(62-45(57)63-41)35(24)46(31,4)5)33(59-25(2)51)22-34-48(40,23-58-34)64-26(3)52/h7-20,31-34,36-41,53H,21-23H2,1-6H3,(H,50,54)/t31?,32-,33-,34+,36-,37+,38+,39+,40-,41-,47+,48-/m0/s1. The Hall–Kier alpha value is -6.13. The van der Waals surface area contributed by atoms with Gasteiger partial charge in [-0.2, -0.15) is 0 Å². The molecular formula is C48H50FNO14. The van der Waals surface area contributed by atoms with Crippen LogP contribution < -0.4 is 5.32 Å². The first kappa shape index (κ1) is 44.5. The van der Waals surface area contributed by atoms with E-state index in [1.807, 2.05) is 13.8 Å². The average Bonchev–Trinajstić information content (AvgIpc) is 3.64. The lowest BCUT2D eigenvalue weighted by molar-refractivity contribution is -0.351. The molecule has 2 heterocycles. The average molecular weight is 884 g/mol. The third-order valence-electron chi connectivity index (χ3n) is 14.0. The van der Waals surface area contributed by atoms with Crippen molar-refractivity contribution in [1.82, 2.24) is 5.32 Å². The second-order valence-electron chi connectivity index (χ2n) is 18.0. The van der Waals surface area contributed by atoms with Crippen LogP contribution in [0.5, 0.6) is 0 Å². The van der Waals surface area contributed by atoms with Gasteiger partial charge in [0.2, 0.25) is 0 Å². The van der Waals surface area contributed by atoms with Gasteiger partial charge in [-0.15, -0.1) is 0 Å². The van der Waals surface area contributed by atoms with Crippen molar-refractivity contribution in [1.29, 1.82) is 0 Å². The molecule has 15 nitrogen and oxygen atoms in total. The molecule has 0 aromatic heterocycles. The van der Waals surface area contributed by atoms with E-state index in [2.05, 4.69) is 5.32 Å². The number of aliphatic hydroxyl groups is 1. The number of fused-ring (bicyclic) bond motifs is 8. The van der Waals surface area contributed by atoms with E-state index in [-0.39, 0.29) is 30.6 Å². The van der Waals surface area contributed by atoms with E-state index in [0.29, 0.717) is 16.7 Å². The van der Waals surface area contributed by atoms with Crippen LogP contribution in [-0.2, 0) is 47.5 Å². The Balaban J connectivity index is 1.25. The number of halogens is 1. The van der Waals surface area contributed by atoms with E-state index in [0.717, 1.165) is 12.1 Å². The summed E-state index contributed by atoms with van der Waals surface area (Å²) in [6.45, 7) is 9.57. The predicted molar refractivity (Wildman–Crippen MR) is 220 cm³/mol. The number of ether oxygens (including phenoxy) is 7. The maximum absolute atomic E-state index is 14.4. The third kappa shape index (κ3) is 7.59. The molecule has 3 aromatic rings. The molecule has 2 saturated carbocycles. The van der Waals surface area contributed by atoms with Gasteiger partial charge in [-0.3, -0.25) is 14.4 Å². The first-order valence-corrected chi connectivity index (χ1v) is 21.2. The smallest absolute Gasteiger partial charge is 0.462 e. The summed E-state index contributed by atoms with van der Waals surface area (Å²) in [7, 11) is 0. The van der Waals surface area contributed by atoms with Crippen molar-refractivity contribution in [3.63, 3.8) is 0 Å². The van der Waals surface area contributed by atoms with Gasteiger partial charge in [0, 0.05) is 31.7 Å². The van der Waals surface area contributed by atoms with Crippen molar-refractivity contribution in [3.8, 4) is 0 Å². The van der Waals surface area contributed by atoms with Crippen molar-refractivity contribution >= 4 is 35.9 Å². The monoisotopic (exact) mass is 883 g/mol. The number of carbonyl (C=O) groups excluding carboxylic acids is 6. The lowest BCUT2D eigenvalue weighted by atomic mass is 9.45. The van der Waals surface area contributed by atoms with Crippen molar-refractivity contribution in [2.24, 2.45) is 22.7 Å². The van der Waals surface area contributed by atoms with Crippen LogP contribution in [-0.4, -0.2) is 96.0 Å². The zero-order valence-electron chi connectivity index (χ0n) is 36.1. The largest absolute Gasteiger partial charge is 0.509 e. The van der Waals surface area contributed by atoms with Crippen molar-refractivity contribution in [2.45, 2.75) is 109 Å². The van der Waals surface area contributed by atoms with Crippen LogP contribution in [0.3, 0.4) is 0 Å². The Bertz CT molecular complexity index is 2370. The lowest BCUT2D eigenvalue weighted by Crippen LogP contribution is -2.80. The van der Waals surface area contributed by atoms with E-state index < -0.39 is 119 Å². The highest BCUT2D eigenvalue weighted by Gasteiger charge is 2.78. The highest BCUT2D eigenvalue weighted by molar-refractivity contribution is 5.95. The van der Waals surface area contributed by atoms with Gasteiger partial charge >= 0.3 is 30.0 Å². The van der Waals surface area contributed by atoms with Gasteiger partial charge in [0.1, 0.15) is 30.2 Å². The fourth-order valence-electron chi connectivity index (χ4n) is 11.1. The molecule has 0 spiro atoms. The Kier molecular flexibility index (Phi) is 11.7. The van der Waals surface area contributed by atoms with Gasteiger partial charge in [-0.1, -0.05) is 69.3 Å². The van der Waals surface area contributed by atoms with Gasteiger partial charge in [0.15, 0.2) is 23.9 Å². The second kappa shape index (κ2) is 16.8. The summed E-state index contributed by atoms with van der Waals surface area (Å²) >= 11 is 0.